The Hall–Kier alpha value is -1.10. The van der Waals surface area contributed by atoms with Crippen molar-refractivity contribution >= 4 is 11.9 Å². The number of aliphatic carboxylic acids is 1. The van der Waals surface area contributed by atoms with Crippen LogP contribution in [0.2, 0.25) is 0 Å². The van der Waals surface area contributed by atoms with Crippen molar-refractivity contribution in [1.29, 1.82) is 0 Å². The summed E-state index contributed by atoms with van der Waals surface area (Å²) in [6.07, 6.45) is 7.69. The lowest BCUT2D eigenvalue weighted by molar-refractivity contribution is -0.146. The summed E-state index contributed by atoms with van der Waals surface area (Å²) < 4.78 is 0. The van der Waals surface area contributed by atoms with Crippen molar-refractivity contribution in [2.24, 2.45) is 11.8 Å². The zero-order valence-corrected chi connectivity index (χ0v) is 12.7. The first kappa shape index (κ1) is 14.8. The Kier molecular flexibility index (Phi) is 4.48. The summed E-state index contributed by atoms with van der Waals surface area (Å²) in [6.45, 7) is 2.82. The number of carbonyl (C=O) groups is 2. The van der Waals surface area contributed by atoms with Gasteiger partial charge in [0.05, 0.1) is 12.5 Å². The second kappa shape index (κ2) is 6.34. The van der Waals surface area contributed by atoms with Crippen LogP contribution < -0.4 is 0 Å². The van der Waals surface area contributed by atoms with Gasteiger partial charge in [-0.05, 0) is 44.6 Å². The fourth-order valence-electron chi connectivity index (χ4n) is 4.35. The van der Waals surface area contributed by atoms with Crippen molar-refractivity contribution in [3.05, 3.63) is 0 Å². The van der Waals surface area contributed by atoms with Crippen LogP contribution in [0.25, 0.3) is 0 Å². The van der Waals surface area contributed by atoms with Crippen molar-refractivity contribution < 1.29 is 14.7 Å². The zero-order chi connectivity index (χ0) is 14.8. The largest absolute Gasteiger partial charge is 0.481 e. The Morgan fingerprint density at radius 2 is 1.67 bits per heavy atom. The van der Waals surface area contributed by atoms with Gasteiger partial charge >= 0.3 is 5.97 Å². The highest BCUT2D eigenvalue weighted by Gasteiger charge is 2.37. The molecule has 3 fully saturated rings. The third-order valence-electron chi connectivity index (χ3n) is 5.66. The molecular formula is C16H26N2O3. The SMILES string of the molecule is O=C(O)C1CCN(C(=O)CN2CCC3CCCCC32)CC1. The summed E-state index contributed by atoms with van der Waals surface area (Å²) in [5, 5.41) is 9.01. The maximum atomic E-state index is 12.4. The summed E-state index contributed by atoms with van der Waals surface area (Å²) in [5.41, 5.74) is 0. The third-order valence-corrected chi connectivity index (χ3v) is 5.66. The molecule has 2 unspecified atom stereocenters. The predicted octanol–water partition coefficient (Wildman–Crippen LogP) is 1.57. The molecule has 118 valence electrons. The summed E-state index contributed by atoms with van der Waals surface area (Å²) >= 11 is 0. The van der Waals surface area contributed by atoms with Gasteiger partial charge in [0.15, 0.2) is 0 Å². The number of piperidine rings is 1. The van der Waals surface area contributed by atoms with Crippen molar-refractivity contribution in [2.75, 3.05) is 26.2 Å². The summed E-state index contributed by atoms with van der Waals surface area (Å²) in [4.78, 5) is 27.7. The second-order valence-electron chi connectivity index (χ2n) is 6.86. The number of amides is 1. The molecule has 1 aliphatic carbocycles. The van der Waals surface area contributed by atoms with Gasteiger partial charge in [-0.1, -0.05) is 12.8 Å². The second-order valence-corrected chi connectivity index (χ2v) is 6.86. The smallest absolute Gasteiger partial charge is 0.306 e. The molecule has 1 N–H and O–H groups in total. The molecule has 2 heterocycles. The van der Waals surface area contributed by atoms with E-state index in [2.05, 4.69) is 4.90 Å². The number of carboxylic acids is 1. The molecule has 5 nitrogen and oxygen atoms in total. The molecule has 2 saturated heterocycles. The van der Waals surface area contributed by atoms with Crippen molar-refractivity contribution in [1.82, 2.24) is 9.80 Å². The van der Waals surface area contributed by atoms with Crippen LogP contribution in [-0.2, 0) is 9.59 Å². The van der Waals surface area contributed by atoms with Crippen LogP contribution in [0.4, 0.5) is 0 Å². The maximum absolute atomic E-state index is 12.4. The number of fused-ring (bicyclic) bond motifs is 1. The van der Waals surface area contributed by atoms with E-state index in [1.165, 1.54) is 32.1 Å². The number of carbonyl (C=O) groups excluding carboxylic acids is 1. The van der Waals surface area contributed by atoms with Crippen molar-refractivity contribution in [2.45, 2.75) is 51.0 Å². The fourth-order valence-corrected chi connectivity index (χ4v) is 4.35. The van der Waals surface area contributed by atoms with Crippen LogP contribution in [-0.4, -0.2) is 59.0 Å². The minimum Gasteiger partial charge on any atom is -0.481 e. The molecule has 0 aromatic carbocycles. The number of carboxylic acid groups (broad SMARTS) is 1. The van der Waals surface area contributed by atoms with E-state index in [-0.39, 0.29) is 11.8 Å². The molecule has 0 aromatic rings. The lowest BCUT2D eigenvalue weighted by atomic mass is 9.85. The van der Waals surface area contributed by atoms with Crippen LogP contribution in [0.1, 0.15) is 44.9 Å². The number of likely N-dealkylation sites (tertiary alicyclic amines) is 2. The van der Waals surface area contributed by atoms with E-state index in [1.807, 2.05) is 4.90 Å². The van der Waals surface area contributed by atoms with Gasteiger partial charge in [0.2, 0.25) is 5.91 Å². The quantitative estimate of drug-likeness (QED) is 0.858. The van der Waals surface area contributed by atoms with Gasteiger partial charge in [-0.3, -0.25) is 14.5 Å². The van der Waals surface area contributed by atoms with Gasteiger partial charge in [-0.2, -0.15) is 0 Å². The molecule has 2 atom stereocenters. The van der Waals surface area contributed by atoms with Crippen LogP contribution >= 0.6 is 0 Å². The van der Waals surface area contributed by atoms with E-state index in [4.69, 9.17) is 5.11 Å². The highest BCUT2D eigenvalue weighted by atomic mass is 16.4. The zero-order valence-electron chi connectivity index (χ0n) is 12.7. The maximum Gasteiger partial charge on any atom is 0.306 e. The molecule has 5 heteroatoms. The molecule has 0 radical (unpaired) electrons. The normalized spacial score (nSPS) is 31.1. The minimum atomic E-state index is -0.716. The summed E-state index contributed by atoms with van der Waals surface area (Å²) in [6, 6.07) is 0.624. The van der Waals surface area contributed by atoms with Crippen LogP contribution in [0.3, 0.4) is 0 Å². The Morgan fingerprint density at radius 3 is 2.38 bits per heavy atom. The highest BCUT2D eigenvalue weighted by Crippen LogP contribution is 2.36. The first-order chi connectivity index (χ1) is 10.1. The highest BCUT2D eigenvalue weighted by molar-refractivity contribution is 5.79. The molecule has 3 rings (SSSR count). The van der Waals surface area contributed by atoms with Crippen molar-refractivity contribution in [3.63, 3.8) is 0 Å². The third kappa shape index (κ3) is 3.23. The van der Waals surface area contributed by atoms with E-state index >= 15 is 0 Å². The lowest BCUT2D eigenvalue weighted by Gasteiger charge is -2.34. The van der Waals surface area contributed by atoms with Crippen molar-refractivity contribution in [3.8, 4) is 0 Å². The van der Waals surface area contributed by atoms with Gasteiger partial charge in [0, 0.05) is 19.1 Å². The van der Waals surface area contributed by atoms with E-state index in [9.17, 15) is 9.59 Å². The van der Waals surface area contributed by atoms with Gasteiger partial charge in [-0.15, -0.1) is 0 Å². The molecule has 0 aromatic heterocycles. The number of hydrogen-bond donors (Lipinski definition) is 1. The Labute approximate surface area is 126 Å². The van der Waals surface area contributed by atoms with Gasteiger partial charge in [0.1, 0.15) is 0 Å². The van der Waals surface area contributed by atoms with Gasteiger partial charge in [0.25, 0.3) is 0 Å². The van der Waals surface area contributed by atoms with E-state index in [0.29, 0.717) is 38.5 Å². The number of hydrogen-bond acceptors (Lipinski definition) is 3. The van der Waals surface area contributed by atoms with Crippen LogP contribution in [0, 0.1) is 11.8 Å². The molecule has 0 spiro atoms. The Morgan fingerprint density at radius 1 is 0.952 bits per heavy atom. The van der Waals surface area contributed by atoms with Crippen LogP contribution in [0.15, 0.2) is 0 Å². The average Bonchev–Trinajstić information content (AvgIpc) is 2.91. The van der Waals surface area contributed by atoms with Gasteiger partial charge < -0.3 is 10.0 Å². The number of nitrogens with zero attached hydrogens (tertiary/aromatic N) is 2. The lowest BCUT2D eigenvalue weighted by Crippen LogP contribution is -2.47. The summed E-state index contributed by atoms with van der Waals surface area (Å²) in [5.74, 6) is 0.0320. The van der Waals surface area contributed by atoms with Gasteiger partial charge in [-0.25, -0.2) is 0 Å². The van der Waals surface area contributed by atoms with E-state index < -0.39 is 5.97 Å². The van der Waals surface area contributed by atoms with E-state index in [1.54, 1.807) is 0 Å². The van der Waals surface area contributed by atoms with Crippen LogP contribution in [0.5, 0.6) is 0 Å². The molecule has 2 aliphatic heterocycles. The van der Waals surface area contributed by atoms with E-state index in [0.717, 1.165) is 12.5 Å². The standard InChI is InChI=1S/C16H26N2O3/c19-15(17-8-6-13(7-9-17)16(20)21)11-18-10-5-12-3-1-2-4-14(12)18/h12-14H,1-11H2,(H,20,21). The molecule has 3 aliphatic rings. The monoisotopic (exact) mass is 294 g/mol. The first-order valence-electron chi connectivity index (χ1n) is 8.40. The average molecular weight is 294 g/mol. The molecular weight excluding hydrogens is 268 g/mol. The molecule has 1 saturated carbocycles. The molecule has 21 heavy (non-hydrogen) atoms. The number of rotatable bonds is 3. The predicted molar refractivity (Wildman–Crippen MR) is 78.9 cm³/mol. The topological polar surface area (TPSA) is 60.9 Å². The first-order valence-corrected chi connectivity index (χ1v) is 8.40. The molecule has 1 amide bonds. The molecule has 0 bridgehead atoms. The Balaban J connectivity index is 1.49. The Bertz CT molecular complexity index is 404. The fraction of sp³-hybridized carbons (Fsp3) is 0.875. The summed E-state index contributed by atoms with van der Waals surface area (Å²) in [7, 11) is 0. The minimum absolute atomic E-state index is 0.199.